The summed E-state index contributed by atoms with van der Waals surface area (Å²) in [5, 5.41) is 5.69. The van der Waals surface area contributed by atoms with Gasteiger partial charge in [-0.1, -0.05) is 12.1 Å². The molecule has 1 N–H and O–H groups in total. The Balaban J connectivity index is 1.80. The lowest BCUT2D eigenvalue weighted by atomic mass is 10.0. The fourth-order valence-electron chi connectivity index (χ4n) is 2.69. The van der Waals surface area contributed by atoms with Crippen LogP contribution in [0, 0.1) is 5.92 Å². The van der Waals surface area contributed by atoms with Gasteiger partial charge in [0.05, 0.1) is 7.11 Å². The highest BCUT2D eigenvalue weighted by Crippen LogP contribution is 2.29. The van der Waals surface area contributed by atoms with Crippen molar-refractivity contribution in [3.05, 3.63) is 30.5 Å². The SMILES string of the molecule is COc1cccc2c(NCC3CCOCC3)nccc12. The first-order valence-corrected chi connectivity index (χ1v) is 7.12. The quantitative estimate of drug-likeness (QED) is 0.929. The number of anilines is 1. The van der Waals surface area contributed by atoms with E-state index < -0.39 is 0 Å². The van der Waals surface area contributed by atoms with E-state index in [-0.39, 0.29) is 0 Å². The second-order valence-corrected chi connectivity index (χ2v) is 5.15. The minimum Gasteiger partial charge on any atom is -0.496 e. The zero-order valence-corrected chi connectivity index (χ0v) is 11.8. The van der Waals surface area contributed by atoms with E-state index in [2.05, 4.69) is 16.4 Å². The molecule has 0 amide bonds. The van der Waals surface area contributed by atoms with Crippen molar-refractivity contribution in [2.45, 2.75) is 12.8 Å². The largest absolute Gasteiger partial charge is 0.496 e. The van der Waals surface area contributed by atoms with Crippen LogP contribution in [0.25, 0.3) is 10.8 Å². The molecule has 4 nitrogen and oxygen atoms in total. The molecule has 2 aromatic rings. The number of hydrogen-bond acceptors (Lipinski definition) is 4. The average Bonchev–Trinajstić information content (AvgIpc) is 2.53. The molecular weight excluding hydrogens is 252 g/mol. The van der Waals surface area contributed by atoms with E-state index in [0.717, 1.165) is 54.9 Å². The van der Waals surface area contributed by atoms with Gasteiger partial charge in [0.25, 0.3) is 0 Å². The molecule has 3 rings (SSSR count). The Labute approximate surface area is 119 Å². The third-order valence-corrected chi connectivity index (χ3v) is 3.89. The first kappa shape index (κ1) is 13.2. The van der Waals surface area contributed by atoms with Crippen LogP contribution in [0.5, 0.6) is 5.75 Å². The molecule has 0 bridgehead atoms. The van der Waals surface area contributed by atoms with Crippen LogP contribution < -0.4 is 10.1 Å². The van der Waals surface area contributed by atoms with Gasteiger partial charge in [0, 0.05) is 36.7 Å². The summed E-state index contributed by atoms with van der Waals surface area (Å²) in [5.74, 6) is 2.50. The molecule has 1 aromatic carbocycles. The van der Waals surface area contributed by atoms with Crippen LogP contribution in [0.4, 0.5) is 5.82 Å². The van der Waals surface area contributed by atoms with Crippen molar-refractivity contribution in [1.29, 1.82) is 0 Å². The van der Waals surface area contributed by atoms with E-state index in [0.29, 0.717) is 5.92 Å². The lowest BCUT2D eigenvalue weighted by Crippen LogP contribution is -2.23. The second kappa shape index (κ2) is 6.09. The summed E-state index contributed by atoms with van der Waals surface area (Å²) >= 11 is 0. The molecule has 1 aliphatic rings. The molecule has 20 heavy (non-hydrogen) atoms. The van der Waals surface area contributed by atoms with Crippen molar-refractivity contribution in [2.75, 3.05) is 32.2 Å². The van der Waals surface area contributed by atoms with Gasteiger partial charge in [0.1, 0.15) is 11.6 Å². The minimum atomic E-state index is 0.673. The Kier molecular flexibility index (Phi) is 4.02. The van der Waals surface area contributed by atoms with Gasteiger partial charge in [-0.05, 0) is 30.9 Å². The summed E-state index contributed by atoms with van der Waals surface area (Å²) in [7, 11) is 1.70. The minimum absolute atomic E-state index is 0.673. The van der Waals surface area contributed by atoms with Crippen molar-refractivity contribution in [1.82, 2.24) is 4.98 Å². The first-order valence-electron chi connectivity index (χ1n) is 7.12. The highest BCUT2D eigenvalue weighted by Gasteiger charge is 2.14. The number of pyridine rings is 1. The van der Waals surface area contributed by atoms with E-state index in [4.69, 9.17) is 9.47 Å². The van der Waals surface area contributed by atoms with E-state index in [1.54, 1.807) is 7.11 Å². The van der Waals surface area contributed by atoms with Crippen molar-refractivity contribution in [3.63, 3.8) is 0 Å². The maximum atomic E-state index is 5.40. The zero-order valence-electron chi connectivity index (χ0n) is 11.8. The normalized spacial score (nSPS) is 16.2. The third kappa shape index (κ3) is 2.70. The standard InChI is InChI=1S/C16H20N2O2/c1-19-15-4-2-3-14-13(15)5-8-17-16(14)18-11-12-6-9-20-10-7-12/h2-5,8,12H,6-7,9-11H2,1H3,(H,17,18). The maximum absolute atomic E-state index is 5.40. The first-order chi connectivity index (χ1) is 9.88. The molecule has 2 heterocycles. The number of benzene rings is 1. The van der Waals surface area contributed by atoms with Gasteiger partial charge in [-0.25, -0.2) is 4.98 Å². The van der Waals surface area contributed by atoms with E-state index in [1.807, 2.05) is 24.4 Å². The van der Waals surface area contributed by atoms with Crippen LogP contribution in [0.15, 0.2) is 30.5 Å². The molecule has 1 fully saturated rings. The highest BCUT2D eigenvalue weighted by molar-refractivity contribution is 5.95. The Hall–Kier alpha value is -1.81. The fourth-order valence-corrected chi connectivity index (χ4v) is 2.69. The summed E-state index contributed by atoms with van der Waals surface area (Å²) in [6.45, 7) is 2.71. The summed E-state index contributed by atoms with van der Waals surface area (Å²) in [6, 6.07) is 8.05. The molecule has 0 saturated carbocycles. The number of hydrogen-bond donors (Lipinski definition) is 1. The van der Waals surface area contributed by atoms with E-state index >= 15 is 0 Å². The Morgan fingerprint density at radius 3 is 2.90 bits per heavy atom. The van der Waals surface area contributed by atoms with Gasteiger partial charge in [-0.3, -0.25) is 0 Å². The van der Waals surface area contributed by atoms with E-state index in [1.165, 1.54) is 0 Å². The van der Waals surface area contributed by atoms with Crippen molar-refractivity contribution in [3.8, 4) is 5.75 Å². The van der Waals surface area contributed by atoms with Gasteiger partial charge < -0.3 is 14.8 Å². The van der Waals surface area contributed by atoms with Crippen molar-refractivity contribution >= 4 is 16.6 Å². The highest BCUT2D eigenvalue weighted by atomic mass is 16.5. The predicted molar refractivity (Wildman–Crippen MR) is 80.3 cm³/mol. The Morgan fingerprint density at radius 1 is 1.25 bits per heavy atom. The van der Waals surface area contributed by atoms with Crippen molar-refractivity contribution < 1.29 is 9.47 Å². The van der Waals surface area contributed by atoms with Crippen LogP contribution in [0.3, 0.4) is 0 Å². The lowest BCUT2D eigenvalue weighted by molar-refractivity contribution is 0.0699. The number of methoxy groups -OCH3 is 1. The molecule has 1 aromatic heterocycles. The van der Waals surface area contributed by atoms with Crippen LogP contribution in [-0.4, -0.2) is 31.9 Å². The average molecular weight is 272 g/mol. The monoisotopic (exact) mass is 272 g/mol. The predicted octanol–water partition coefficient (Wildman–Crippen LogP) is 3.08. The molecule has 0 aliphatic carbocycles. The van der Waals surface area contributed by atoms with Gasteiger partial charge >= 0.3 is 0 Å². The summed E-state index contributed by atoms with van der Waals surface area (Å²) in [4.78, 5) is 4.47. The lowest BCUT2D eigenvalue weighted by Gasteiger charge is -2.22. The molecule has 0 unspecified atom stereocenters. The summed E-state index contributed by atoms with van der Waals surface area (Å²) in [6.07, 6.45) is 4.08. The Bertz CT molecular complexity index is 580. The number of fused-ring (bicyclic) bond motifs is 1. The molecule has 4 heteroatoms. The number of nitrogens with zero attached hydrogens (tertiary/aromatic N) is 1. The topological polar surface area (TPSA) is 43.4 Å². The number of aromatic nitrogens is 1. The molecule has 1 saturated heterocycles. The van der Waals surface area contributed by atoms with Gasteiger partial charge in [-0.15, -0.1) is 0 Å². The molecule has 1 aliphatic heterocycles. The second-order valence-electron chi connectivity index (χ2n) is 5.15. The van der Waals surface area contributed by atoms with Gasteiger partial charge in [-0.2, -0.15) is 0 Å². The van der Waals surface area contributed by atoms with Gasteiger partial charge in [0.2, 0.25) is 0 Å². The third-order valence-electron chi connectivity index (χ3n) is 3.89. The number of rotatable bonds is 4. The molecule has 0 spiro atoms. The van der Waals surface area contributed by atoms with Crippen LogP contribution in [-0.2, 0) is 4.74 Å². The smallest absolute Gasteiger partial charge is 0.133 e. The van der Waals surface area contributed by atoms with E-state index in [9.17, 15) is 0 Å². The number of ether oxygens (including phenoxy) is 2. The Morgan fingerprint density at radius 2 is 2.10 bits per heavy atom. The maximum Gasteiger partial charge on any atom is 0.133 e. The summed E-state index contributed by atoms with van der Waals surface area (Å²) in [5.41, 5.74) is 0. The number of nitrogens with one attached hydrogen (secondary N) is 1. The molecule has 0 radical (unpaired) electrons. The summed E-state index contributed by atoms with van der Waals surface area (Å²) < 4.78 is 10.8. The molecule has 106 valence electrons. The van der Waals surface area contributed by atoms with Crippen molar-refractivity contribution in [2.24, 2.45) is 5.92 Å². The molecular formula is C16H20N2O2. The van der Waals surface area contributed by atoms with Crippen LogP contribution in [0.2, 0.25) is 0 Å². The fraction of sp³-hybridized carbons (Fsp3) is 0.438. The van der Waals surface area contributed by atoms with Crippen LogP contribution >= 0.6 is 0 Å². The van der Waals surface area contributed by atoms with Crippen LogP contribution in [0.1, 0.15) is 12.8 Å². The molecule has 0 atom stereocenters. The zero-order chi connectivity index (χ0) is 13.8. The van der Waals surface area contributed by atoms with Gasteiger partial charge in [0.15, 0.2) is 0 Å².